The molecule has 2 amide bonds. The van der Waals surface area contributed by atoms with E-state index in [-0.39, 0.29) is 5.91 Å². The molecular formula is C17H17N5O2. The molecule has 3 heterocycles. The third-order valence-corrected chi connectivity index (χ3v) is 4.60. The molecule has 0 radical (unpaired) electrons. The highest BCUT2D eigenvalue weighted by Crippen LogP contribution is 2.26. The van der Waals surface area contributed by atoms with Gasteiger partial charge in [-0.25, -0.2) is 4.52 Å². The topological polar surface area (TPSA) is 85.6 Å². The van der Waals surface area contributed by atoms with Crippen LogP contribution >= 0.6 is 0 Å². The standard InChI is InChI=1S/C17H17N5O2/c1-20-6-7-22-16(20)13(9-19-22)17(24)21-10-12-5-3-2-4-11(12)8-14(21)15(18)23/h2-7,9,14H,8,10H2,1H3,(H2,18,23)/t14-/m1/s1. The van der Waals surface area contributed by atoms with Gasteiger partial charge in [0.15, 0.2) is 0 Å². The smallest absolute Gasteiger partial charge is 0.260 e. The first kappa shape index (κ1) is 14.5. The number of nitrogens with two attached hydrogens (primary N) is 1. The molecular weight excluding hydrogens is 306 g/mol. The third-order valence-electron chi connectivity index (χ3n) is 4.60. The molecule has 2 N–H and O–H groups in total. The Morgan fingerprint density at radius 3 is 2.71 bits per heavy atom. The van der Waals surface area contributed by atoms with Crippen LogP contribution in [0, 0.1) is 0 Å². The molecule has 0 bridgehead atoms. The van der Waals surface area contributed by atoms with Crippen molar-refractivity contribution in [3.63, 3.8) is 0 Å². The summed E-state index contributed by atoms with van der Waals surface area (Å²) in [5.41, 5.74) is 8.83. The van der Waals surface area contributed by atoms with Gasteiger partial charge < -0.3 is 15.2 Å². The van der Waals surface area contributed by atoms with E-state index < -0.39 is 11.9 Å². The average molecular weight is 323 g/mol. The zero-order valence-corrected chi connectivity index (χ0v) is 13.2. The highest BCUT2D eigenvalue weighted by molar-refractivity contribution is 6.02. The predicted molar refractivity (Wildman–Crippen MR) is 87.2 cm³/mol. The van der Waals surface area contributed by atoms with Gasteiger partial charge >= 0.3 is 0 Å². The summed E-state index contributed by atoms with van der Waals surface area (Å²) in [7, 11) is 1.85. The summed E-state index contributed by atoms with van der Waals surface area (Å²) >= 11 is 0. The first-order valence-corrected chi connectivity index (χ1v) is 7.72. The second kappa shape index (κ2) is 5.23. The van der Waals surface area contributed by atoms with E-state index in [1.165, 1.54) is 6.20 Å². The lowest BCUT2D eigenvalue weighted by molar-refractivity contribution is -0.122. The van der Waals surface area contributed by atoms with Crippen molar-refractivity contribution in [1.82, 2.24) is 19.1 Å². The number of hydrogen-bond acceptors (Lipinski definition) is 3. The molecule has 0 fully saturated rings. The van der Waals surface area contributed by atoms with Crippen LogP contribution in [-0.2, 0) is 24.8 Å². The highest BCUT2D eigenvalue weighted by atomic mass is 16.2. The number of imidazole rings is 1. The molecule has 7 heteroatoms. The maximum Gasteiger partial charge on any atom is 0.260 e. The average Bonchev–Trinajstić information content (AvgIpc) is 3.16. The second-order valence-corrected chi connectivity index (χ2v) is 6.06. The Balaban J connectivity index is 1.77. The zero-order chi connectivity index (χ0) is 16.8. The van der Waals surface area contributed by atoms with Crippen LogP contribution in [0.4, 0.5) is 0 Å². The molecule has 0 spiro atoms. The predicted octanol–water partition coefficient (Wildman–Crippen LogP) is 0.725. The number of aryl methyl sites for hydroxylation is 1. The fourth-order valence-electron chi connectivity index (χ4n) is 3.35. The summed E-state index contributed by atoms with van der Waals surface area (Å²) in [6, 6.07) is 7.16. The second-order valence-electron chi connectivity index (χ2n) is 6.06. The molecule has 0 saturated carbocycles. The minimum Gasteiger partial charge on any atom is -0.368 e. The normalized spacial score (nSPS) is 17.0. The largest absolute Gasteiger partial charge is 0.368 e. The van der Waals surface area contributed by atoms with Crippen molar-refractivity contribution < 1.29 is 9.59 Å². The summed E-state index contributed by atoms with van der Waals surface area (Å²) in [5.74, 6) is -0.724. The molecule has 0 saturated heterocycles. The lowest BCUT2D eigenvalue weighted by Crippen LogP contribution is -2.51. The van der Waals surface area contributed by atoms with Crippen molar-refractivity contribution in [2.24, 2.45) is 12.8 Å². The minimum atomic E-state index is -0.650. The SMILES string of the molecule is Cn1ccn2ncc(C(=O)N3Cc4ccccc4C[C@@H]3C(N)=O)c12. The van der Waals surface area contributed by atoms with E-state index in [1.54, 1.807) is 15.6 Å². The monoisotopic (exact) mass is 323 g/mol. The van der Waals surface area contributed by atoms with Crippen molar-refractivity contribution in [2.75, 3.05) is 0 Å². The van der Waals surface area contributed by atoms with E-state index in [4.69, 9.17) is 5.73 Å². The van der Waals surface area contributed by atoms with Gasteiger partial charge in [-0.1, -0.05) is 24.3 Å². The van der Waals surface area contributed by atoms with Crippen LogP contribution in [0.1, 0.15) is 21.5 Å². The van der Waals surface area contributed by atoms with Crippen molar-refractivity contribution in [3.8, 4) is 0 Å². The number of aromatic nitrogens is 3. The van der Waals surface area contributed by atoms with E-state index in [1.807, 2.05) is 42.1 Å². The van der Waals surface area contributed by atoms with Crippen LogP contribution in [0.2, 0.25) is 0 Å². The summed E-state index contributed by atoms with van der Waals surface area (Å²) in [6.45, 7) is 0.365. The first-order chi connectivity index (χ1) is 11.6. The van der Waals surface area contributed by atoms with Crippen molar-refractivity contribution in [3.05, 3.63) is 59.5 Å². The van der Waals surface area contributed by atoms with E-state index in [9.17, 15) is 9.59 Å². The number of nitrogens with zero attached hydrogens (tertiary/aromatic N) is 4. The van der Waals surface area contributed by atoms with Gasteiger partial charge in [0.2, 0.25) is 5.91 Å². The van der Waals surface area contributed by atoms with Crippen molar-refractivity contribution >= 4 is 17.5 Å². The van der Waals surface area contributed by atoms with Gasteiger partial charge in [0.05, 0.1) is 6.20 Å². The molecule has 24 heavy (non-hydrogen) atoms. The summed E-state index contributed by atoms with van der Waals surface area (Å²) < 4.78 is 3.47. The van der Waals surface area contributed by atoms with Crippen LogP contribution in [0.15, 0.2) is 42.9 Å². The van der Waals surface area contributed by atoms with Gasteiger partial charge in [0.25, 0.3) is 5.91 Å². The fourth-order valence-corrected chi connectivity index (χ4v) is 3.35. The molecule has 4 rings (SSSR count). The summed E-state index contributed by atoms with van der Waals surface area (Å²) in [4.78, 5) is 26.6. The molecule has 0 aliphatic carbocycles. The number of primary amides is 1. The van der Waals surface area contributed by atoms with Gasteiger partial charge in [-0.15, -0.1) is 0 Å². The quantitative estimate of drug-likeness (QED) is 0.754. The molecule has 1 aliphatic heterocycles. The van der Waals surface area contributed by atoms with E-state index in [2.05, 4.69) is 5.10 Å². The number of carbonyl (C=O) groups is 2. The number of carbonyl (C=O) groups excluding carboxylic acids is 2. The van der Waals surface area contributed by atoms with Gasteiger partial charge in [-0.2, -0.15) is 5.10 Å². The Kier molecular flexibility index (Phi) is 3.16. The fraction of sp³-hybridized carbons (Fsp3) is 0.235. The van der Waals surface area contributed by atoms with Gasteiger partial charge in [0.1, 0.15) is 17.3 Å². The Bertz CT molecular complexity index is 955. The summed E-state index contributed by atoms with van der Waals surface area (Å²) in [5, 5.41) is 4.20. The molecule has 122 valence electrons. The maximum absolute atomic E-state index is 13.1. The molecule has 1 atom stereocenters. The van der Waals surface area contributed by atoms with Crippen molar-refractivity contribution in [1.29, 1.82) is 0 Å². The Labute approximate surface area is 138 Å². The van der Waals surface area contributed by atoms with Crippen LogP contribution in [-0.4, -0.2) is 36.9 Å². The summed E-state index contributed by atoms with van der Waals surface area (Å²) in [6.07, 6.45) is 5.59. The van der Waals surface area contributed by atoms with Crippen LogP contribution < -0.4 is 5.73 Å². The Hall–Kier alpha value is -3.09. The molecule has 2 aromatic heterocycles. The zero-order valence-electron chi connectivity index (χ0n) is 13.2. The Morgan fingerprint density at radius 1 is 1.21 bits per heavy atom. The van der Waals surface area contributed by atoms with Gasteiger partial charge in [-0.3, -0.25) is 9.59 Å². The lowest BCUT2D eigenvalue weighted by Gasteiger charge is -2.34. The third kappa shape index (κ3) is 2.09. The number of hydrogen-bond donors (Lipinski definition) is 1. The van der Waals surface area contributed by atoms with E-state index in [0.29, 0.717) is 24.2 Å². The maximum atomic E-state index is 13.1. The highest BCUT2D eigenvalue weighted by Gasteiger charge is 2.35. The minimum absolute atomic E-state index is 0.231. The van der Waals surface area contributed by atoms with Crippen LogP contribution in [0.5, 0.6) is 0 Å². The Morgan fingerprint density at radius 2 is 1.96 bits per heavy atom. The number of amides is 2. The van der Waals surface area contributed by atoms with E-state index >= 15 is 0 Å². The van der Waals surface area contributed by atoms with Crippen LogP contribution in [0.25, 0.3) is 5.65 Å². The molecule has 0 unspecified atom stereocenters. The van der Waals surface area contributed by atoms with Crippen LogP contribution in [0.3, 0.4) is 0 Å². The number of benzene rings is 1. The first-order valence-electron chi connectivity index (χ1n) is 7.72. The molecule has 3 aromatic rings. The molecule has 7 nitrogen and oxygen atoms in total. The number of fused-ring (bicyclic) bond motifs is 2. The molecule has 1 aliphatic rings. The van der Waals surface area contributed by atoms with Gasteiger partial charge in [-0.05, 0) is 11.1 Å². The molecule has 1 aromatic carbocycles. The number of rotatable bonds is 2. The van der Waals surface area contributed by atoms with Crippen molar-refractivity contribution in [2.45, 2.75) is 19.0 Å². The van der Waals surface area contributed by atoms with E-state index in [0.717, 1.165) is 11.1 Å². The lowest BCUT2D eigenvalue weighted by atomic mass is 9.93. The van der Waals surface area contributed by atoms with Gasteiger partial charge in [0, 0.05) is 32.4 Å².